The van der Waals surface area contributed by atoms with E-state index in [2.05, 4.69) is 35.8 Å². The van der Waals surface area contributed by atoms with Gasteiger partial charge < -0.3 is 31.4 Å². The van der Waals surface area contributed by atoms with Crippen molar-refractivity contribution >= 4 is 10.8 Å². The summed E-state index contributed by atoms with van der Waals surface area (Å²) in [5.41, 5.74) is 4.88. The predicted octanol–water partition coefficient (Wildman–Crippen LogP) is 0.409. The zero-order valence-corrected chi connectivity index (χ0v) is 16.2. The number of pyridine rings is 1. The van der Waals surface area contributed by atoms with Gasteiger partial charge >= 0.3 is 0 Å². The lowest BCUT2D eigenvalue weighted by atomic mass is 9.94. The zero-order valence-electron chi connectivity index (χ0n) is 15.5. The van der Waals surface area contributed by atoms with Crippen molar-refractivity contribution in [1.29, 1.82) is 0 Å². The van der Waals surface area contributed by atoms with Crippen LogP contribution in [0.15, 0.2) is 30.3 Å². The van der Waals surface area contributed by atoms with Crippen molar-refractivity contribution in [3.05, 3.63) is 41.6 Å². The van der Waals surface area contributed by atoms with Gasteiger partial charge in [0.15, 0.2) is 35.2 Å². The Labute approximate surface area is 163 Å². The van der Waals surface area contributed by atoms with Crippen LogP contribution in [0.4, 0.5) is 0 Å². The number of ether oxygens (including phenoxy) is 4. The van der Waals surface area contributed by atoms with Crippen LogP contribution in [0.2, 0.25) is 0 Å². The number of fused-ring (bicyclic) bond motifs is 5. The Morgan fingerprint density at radius 3 is 2.52 bits per heavy atom. The number of aromatic nitrogens is 1. The topological polar surface area (TPSA) is 40.8 Å². The van der Waals surface area contributed by atoms with Gasteiger partial charge in [0, 0.05) is 19.4 Å². The number of hydrogen-bond acceptors (Lipinski definition) is 4. The first kappa shape index (κ1) is 17.7. The second-order valence-electron chi connectivity index (χ2n) is 6.64. The SMILES string of the molecule is COc1ccc2cc3[n+](c(C)c2c1OC)CCc1cc2c(cc1-3)OCO2.[Cl-]. The van der Waals surface area contributed by atoms with Crippen molar-refractivity contribution in [1.82, 2.24) is 0 Å². The molecule has 5 rings (SSSR count). The number of nitrogens with zero attached hydrogens (tertiary/aromatic N) is 1. The van der Waals surface area contributed by atoms with Gasteiger partial charge in [-0.05, 0) is 35.2 Å². The molecule has 2 aliphatic rings. The first-order valence-corrected chi connectivity index (χ1v) is 8.72. The lowest BCUT2D eigenvalue weighted by Gasteiger charge is -2.19. The summed E-state index contributed by atoms with van der Waals surface area (Å²) in [6.07, 6.45) is 0.961. The molecule has 0 bridgehead atoms. The van der Waals surface area contributed by atoms with Gasteiger partial charge in [-0.3, -0.25) is 0 Å². The second kappa shape index (κ2) is 6.50. The highest BCUT2D eigenvalue weighted by Crippen LogP contribution is 2.42. The normalized spacial score (nSPS) is 13.6. The molecule has 0 unspecified atom stereocenters. The molecule has 0 amide bonds. The Kier molecular flexibility index (Phi) is 4.27. The molecule has 3 aromatic rings. The minimum Gasteiger partial charge on any atom is -1.00 e. The molecule has 6 heteroatoms. The van der Waals surface area contributed by atoms with Crippen LogP contribution in [0.1, 0.15) is 11.3 Å². The molecule has 27 heavy (non-hydrogen) atoms. The lowest BCUT2D eigenvalue weighted by Crippen LogP contribution is -3.00. The maximum absolute atomic E-state index is 5.68. The largest absolute Gasteiger partial charge is 1.00 e. The molecule has 2 aliphatic heterocycles. The van der Waals surface area contributed by atoms with Gasteiger partial charge in [-0.1, -0.05) is 0 Å². The fourth-order valence-corrected chi connectivity index (χ4v) is 4.15. The highest BCUT2D eigenvalue weighted by Gasteiger charge is 2.30. The molecule has 0 spiro atoms. The smallest absolute Gasteiger partial charge is 0.231 e. The first-order chi connectivity index (χ1) is 12.7. The minimum absolute atomic E-state index is 0. The highest BCUT2D eigenvalue weighted by atomic mass is 35.5. The summed E-state index contributed by atoms with van der Waals surface area (Å²) in [5.74, 6) is 3.21. The Bertz CT molecular complexity index is 1060. The molecule has 0 fully saturated rings. The Balaban J connectivity index is 0.00000180. The molecule has 5 nitrogen and oxygen atoms in total. The average Bonchev–Trinajstić information content (AvgIpc) is 3.12. The number of halogens is 1. The van der Waals surface area contributed by atoms with Gasteiger partial charge in [-0.15, -0.1) is 0 Å². The summed E-state index contributed by atoms with van der Waals surface area (Å²) in [6.45, 7) is 3.36. The molecule has 0 atom stereocenters. The van der Waals surface area contributed by atoms with Crippen LogP contribution in [0.5, 0.6) is 23.0 Å². The van der Waals surface area contributed by atoms with Crippen LogP contribution in [0, 0.1) is 6.92 Å². The van der Waals surface area contributed by atoms with E-state index < -0.39 is 0 Å². The van der Waals surface area contributed by atoms with Gasteiger partial charge in [-0.2, -0.15) is 4.57 Å². The Morgan fingerprint density at radius 1 is 1.00 bits per heavy atom. The molecule has 3 heterocycles. The summed E-state index contributed by atoms with van der Waals surface area (Å²) in [7, 11) is 3.36. The molecule has 0 aliphatic carbocycles. The van der Waals surface area contributed by atoms with Gasteiger partial charge in [0.1, 0.15) is 0 Å². The number of aryl methyl sites for hydroxylation is 2. The van der Waals surface area contributed by atoms with E-state index in [-0.39, 0.29) is 12.4 Å². The molecule has 0 radical (unpaired) electrons. The van der Waals surface area contributed by atoms with E-state index in [9.17, 15) is 0 Å². The highest BCUT2D eigenvalue weighted by molar-refractivity contribution is 5.94. The molecule has 2 aromatic carbocycles. The molecule has 140 valence electrons. The fraction of sp³-hybridized carbons (Fsp3) is 0.286. The number of hydrogen-bond donors (Lipinski definition) is 0. The van der Waals surface area contributed by atoms with Crippen molar-refractivity contribution in [2.45, 2.75) is 19.9 Å². The van der Waals surface area contributed by atoms with E-state index >= 15 is 0 Å². The van der Waals surface area contributed by atoms with Gasteiger partial charge in [-0.25, -0.2) is 0 Å². The van der Waals surface area contributed by atoms with Crippen LogP contribution in [0.3, 0.4) is 0 Å². The third-order valence-corrected chi connectivity index (χ3v) is 5.41. The molecule has 1 aromatic heterocycles. The van der Waals surface area contributed by atoms with E-state index in [0.717, 1.165) is 46.7 Å². The second-order valence-corrected chi connectivity index (χ2v) is 6.64. The van der Waals surface area contributed by atoms with Crippen LogP contribution in [-0.2, 0) is 13.0 Å². The number of benzene rings is 2. The Hall–Kier alpha value is -2.66. The van der Waals surface area contributed by atoms with Crippen molar-refractivity contribution in [3.63, 3.8) is 0 Å². The van der Waals surface area contributed by atoms with Crippen molar-refractivity contribution < 1.29 is 35.9 Å². The molecular formula is C21H20ClNO4. The summed E-state index contributed by atoms with van der Waals surface area (Å²) < 4.78 is 24.7. The predicted molar refractivity (Wildman–Crippen MR) is 97.2 cm³/mol. The van der Waals surface area contributed by atoms with Crippen LogP contribution >= 0.6 is 0 Å². The van der Waals surface area contributed by atoms with E-state index in [4.69, 9.17) is 18.9 Å². The third-order valence-electron chi connectivity index (χ3n) is 5.41. The molecular weight excluding hydrogens is 366 g/mol. The summed E-state index contributed by atoms with van der Waals surface area (Å²) in [4.78, 5) is 0. The summed E-state index contributed by atoms with van der Waals surface area (Å²) >= 11 is 0. The van der Waals surface area contributed by atoms with Crippen LogP contribution in [0.25, 0.3) is 22.0 Å². The maximum Gasteiger partial charge on any atom is 0.231 e. The van der Waals surface area contributed by atoms with Gasteiger partial charge in [0.05, 0.1) is 25.2 Å². The molecule has 0 saturated carbocycles. The molecule has 0 saturated heterocycles. The van der Waals surface area contributed by atoms with E-state index in [1.165, 1.54) is 22.5 Å². The van der Waals surface area contributed by atoms with Gasteiger partial charge in [0.2, 0.25) is 12.5 Å². The zero-order chi connectivity index (χ0) is 17.8. The van der Waals surface area contributed by atoms with Crippen molar-refractivity contribution in [2.24, 2.45) is 0 Å². The standard InChI is InChI=1S/C21H20NO4.ClH/c1-12-20-14(4-5-17(23-2)21(20)24-3)8-16-15-10-19-18(25-11-26-19)9-13(15)6-7-22(12)16;/h4-5,8-10H,6-7,11H2,1-3H3;1H/q+1;/p-1. The first-order valence-electron chi connectivity index (χ1n) is 8.72. The monoisotopic (exact) mass is 385 g/mol. The van der Waals surface area contributed by atoms with E-state index in [0.29, 0.717) is 6.79 Å². The lowest BCUT2D eigenvalue weighted by molar-refractivity contribution is -0.692. The van der Waals surface area contributed by atoms with E-state index in [1.54, 1.807) is 14.2 Å². The number of rotatable bonds is 2. The average molecular weight is 386 g/mol. The van der Waals surface area contributed by atoms with E-state index in [1.807, 2.05) is 6.07 Å². The van der Waals surface area contributed by atoms with Crippen molar-refractivity contribution in [3.8, 4) is 34.3 Å². The maximum atomic E-state index is 5.68. The van der Waals surface area contributed by atoms with Gasteiger partial charge in [0.25, 0.3) is 0 Å². The minimum atomic E-state index is 0. The van der Waals surface area contributed by atoms with Crippen molar-refractivity contribution in [2.75, 3.05) is 21.0 Å². The quantitative estimate of drug-likeness (QED) is 0.599. The molecule has 0 N–H and O–H groups in total. The van der Waals surface area contributed by atoms with Crippen LogP contribution < -0.4 is 35.9 Å². The fourth-order valence-electron chi connectivity index (χ4n) is 4.15. The summed E-state index contributed by atoms with van der Waals surface area (Å²) in [6, 6.07) is 10.5. The van der Waals surface area contributed by atoms with Crippen LogP contribution in [-0.4, -0.2) is 21.0 Å². The Morgan fingerprint density at radius 2 is 1.78 bits per heavy atom. The number of methoxy groups -OCH3 is 2. The summed E-state index contributed by atoms with van der Waals surface area (Å²) in [5, 5.41) is 2.23. The third kappa shape index (κ3) is 2.49.